The van der Waals surface area contributed by atoms with E-state index in [0.29, 0.717) is 27.3 Å². The van der Waals surface area contributed by atoms with Crippen molar-refractivity contribution in [1.82, 2.24) is 0 Å². The molecule has 2 aromatic rings. The van der Waals surface area contributed by atoms with Crippen LogP contribution in [0.5, 0.6) is 0 Å². The third-order valence-electron chi connectivity index (χ3n) is 1.72. The number of halogens is 2. The van der Waals surface area contributed by atoms with E-state index < -0.39 is 0 Å². The number of hydrogen-bond acceptors (Lipinski definition) is 2. The van der Waals surface area contributed by atoms with Crippen LogP contribution >= 0.6 is 23.2 Å². The van der Waals surface area contributed by atoms with Gasteiger partial charge in [-0.25, -0.2) is 0 Å². The standard InChI is InChI=1S/C9H4Cl2O2/c10-5-1-2-7-6(3-5)9(11)8(4-12)13-7/h1-4H. The predicted octanol–water partition coefficient (Wildman–Crippen LogP) is 3.55. The molecule has 0 fully saturated rings. The van der Waals surface area contributed by atoms with Crippen molar-refractivity contribution in [2.24, 2.45) is 0 Å². The number of hydrogen-bond donors (Lipinski definition) is 0. The molecule has 0 amide bonds. The molecule has 0 aliphatic carbocycles. The molecule has 4 heteroatoms. The number of carbonyl (C=O) groups is 1. The zero-order chi connectivity index (χ0) is 9.42. The van der Waals surface area contributed by atoms with Gasteiger partial charge in [0.1, 0.15) is 5.58 Å². The first kappa shape index (κ1) is 8.60. The molecule has 0 bridgehead atoms. The first-order chi connectivity index (χ1) is 6.22. The van der Waals surface area contributed by atoms with E-state index in [1.54, 1.807) is 18.2 Å². The Bertz CT molecular complexity index is 474. The van der Waals surface area contributed by atoms with E-state index in [9.17, 15) is 4.79 Å². The average molecular weight is 215 g/mol. The number of aldehydes is 1. The second-order valence-electron chi connectivity index (χ2n) is 2.54. The van der Waals surface area contributed by atoms with Gasteiger partial charge in [0.2, 0.25) is 0 Å². The second kappa shape index (κ2) is 3.05. The van der Waals surface area contributed by atoms with Crippen molar-refractivity contribution >= 4 is 40.5 Å². The molecule has 66 valence electrons. The van der Waals surface area contributed by atoms with Gasteiger partial charge in [-0.3, -0.25) is 4.79 Å². The summed E-state index contributed by atoms with van der Waals surface area (Å²) in [5.41, 5.74) is 0.566. The van der Waals surface area contributed by atoms with Crippen molar-refractivity contribution in [2.75, 3.05) is 0 Å². The largest absolute Gasteiger partial charge is 0.452 e. The molecular weight excluding hydrogens is 211 g/mol. The van der Waals surface area contributed by atoms with Crippen molar-refractivity contribution in [2.45, 2.75) is 0 Å². The van der Waals surface area contributed by atoms with Gasteiger partial charge in [-0.1, -0.05) is 23.2 Å². The normalized spacial score (nSPS) is 10.6. The van der Waals surface area contributed by atoms with Crippen molar-refractivity contribution in [1.29, 1.82) is 0 Å². The summed E-state index contributed by atoms with van der Waals surface area (Å²) in [7, 11) is 0. The lowest BCUT2D eigenvalue weighted by Gasteiger charge is -1.88. The number of benzene rings is 1. The lowest BCUT2D eigenvalue weighted by Crippen LogP contribution is -1.71. The van der Waals surface area contributed by atoms with Crippen LogP contribution in [0.4, 0.5) is 0 Å². The maximum atomic E-state index is 10.5. The molecule has 0 saturated heterocycles. The van der Waals surface area contributed by atoms with E-state index in [0.717, 1.165) is 0 Å². The summed E-state index contributed by atoms with van der Waals surface area (Å²) in [6, 6.07) is 5.02. The minimum Gasteiger partial charge on any atom is -0.452 e. The Hall–Kier alpha value is -0.990. The summed E-state index contributed by atoms with van der Waals surface area (Å²) in [6.07, 6.45) is 0.580. The maximum absolute atomic E-state index is 10.5. The molecule has 0 atom stereocenters. The highest BCUT2D eigenvalue weighted by molar-refractivity contribution is 6.38. The van der Waals surface area contributed by atoms with Crippen LogP contribution in [0.3, 0.4) is 0 Å². The van der Waals surface area contributed by atoms with Crippen molar-refractivity contribution in [3.63, 3.8) is 0 Å². The molecule has 0 aliphatic rings. The van der Waals surface area contributed by atoms with Crippen LogP contribution in [0.25, 0.3) is 11.0 Å². The number of rotatable bonds is 1. The van der Waals surface area contributed by atoms with Crippen LogP contribution in [0.15, 0.2) is 22.6 Å². The lowest BCUT2D eigenvalue weighted by molar-refractivity contribution is 0.110. The van der Waals surface area contributed by atoms with E-state index in [4.69, 9.17) is 27.6 Å². The van der Waals surface area contributed by atoms with E-state index in [1.807, 2.05) is 0 Å². The molecule has 0 saturated carbocycles. The third-order valence-corrected chi connectivity index (χ3v) is 2.35. The molecule has 1 heterocycles. The molecule has 2 rings (SSSR count). The molecule has 1 aromatic carbocycles. The van der Waals surface area contributed by atoms with Gasteiger partial charge in [-0.2, -0.15) is 0 Å². The minimum absolute atomic E-state index is 0.138. The summed E-state index contributed by atoms with van der Waals surface area (Å²) in [5, 5.41) is 1.54. The highest BCUT2D eigenvalue weighted by Crippen LogP contribution is 2.31. The topological polar surface area (TPSA) is 30.2 Å². The molecule has 0 unspecified atom stereocenters. The average Bonchev–Trinajstić information content (AvgIpc) is 2.44. The Morgan fingerprint density at radius 2 is 2.08 bits per heavy atom. The van der Waals surface area contributed by atoms with Crippen LogP contribution in [0.2, 0.25) is 10.0 Å². The fourth-order valence-corrected chi connectivity index (χ4v) is 1.54. The van der Waals surface area contributed by atoms with Gasteiger partial charge in [-0.15, -0.1) is 0 Å². The van der Waals surface area contributed by atoms with E-state index in [1.165, 1.54) is 0 Å². The first-order valence-electron chi connectivity index (χ1n) is 3.55. The quantitative estimate of drug-likeness (QED) is 0.680. The number of carbonyl (C=O) groups excluding carboxylic acids is 1. The molecule has 1 aromatic heterocycles. The Morgan fingerprint density at radius 3 is 2.77 bits per heavy atom. The molecule has 0 aliphatic heterocycles. The molecule has 0 radical (unpaired) electrons. The Morgan fingerprint density at radius 1 is 1.31 bits per heavy atom. The fraction of sp³-hybridized carbons (Fsp3) is 0. The van der Waals surface area contributed by atoms with E-state index in [-0.39, 0.29) is 5.76 Å². The Labute approximate surface area is 84.0 Å². The van der Waals surface area contributed by atoms with Gasteiger partial charge in [0, 0.05) is 10.4 Å². The van der Waals surface area contributed by atoms with Gasteiger partial charge in [-0.05, 0) is 18.2 Å². The zero-order valence-electron chi connectivity index (χ0n) is 6.38. The smallest absolute Gasteiger partial charge is 0.186 e. The fourth-order valence-electron chi connectivity index (χ4n) is 1.13. The first-order valence-corrected chi connectivity index (χ1v) is 4.30. The summed E-state index contributed by atoms with van der Waals surface area (Å²) in [5.74, 6) is 0.138. The van der Waals surface area contributed by atoms with Crippen LogP contribution in [0.1, 0.15) is 10.6 Å². The third kappa shape index (κ3) is 1.32. The maximum Gasteiger partial charge on any atom is 0.186 e. The van der Waals surface area contributed by atoms with Crippen molar-refractivity contribution in [3.05, 3.63) is 34.0 Å². The predicted molar refractivity (Wildman–Crippen MR) is 51.6 cm³/mol. The highest BCUT2D eigenvalue weighted by atomic mass is 35.5. The Balaban J connectivity index is 2.84. The van der Waals surface area contributed by atoms with Crippen molar-refractivity contribution < 1.29 is 9.21 Å². The minimum atomic E-state index is 0.138. The van der Waals surface area contributed by atoms with E-state index >= 15 is 0 Å². The molecular formula is C9H4Cl2O2. The summed E-state index contributed by atoms with van der Waals surface area (Å²) in [4.78, 5) is 10.5. The molecule has 0 N–H and O–H groups in total. The van der Waals surface area contributed by atoms with Crippen LogP contribution < -0.4 is 0 Å². The van der Waals surface area contributed by atoms with Gasteiger partial charge >= 0.3 is 0 Å². The van der Waals surface area contributed by atoms with Gasteiger partial charge < -0.3 is 4.42 Å². The number of fused-ring (bicyclic) bond motifs is 1. The molecule has 0 spiro atoms. The van der Waals surface area contributed by atoms with Crippen LogP contribution in [-0.2, 0) is 0 Å². The lowest BCUT2D eigenvalue weighted by atomic mass is 10.2. The van der Waals surface area contributed by atoms with Gasteiger partial charge in [0.25, 0.3) is 0 Å². The summed E-state index contributed by atoms with van der Waals surface area (Å²) >= 11 is 11.6. The second-order valence-corrected chi connectivity index (χ2v) is 3.35. The molecule has 13 heavy (non-hydrogen) atoms. The van der Waals surface area contributed by atoms with Gasteiger partial charge in [0.05, 0.1) is 5.02 Å². The van der Waals surface area contributed by atoms with Crippen LogP contribution in [0, 0.1) is 0 Å². The van der Waals surface area contributed by atoms with Crippen LogP contribution in [-0.4, -0.2) is 6.29 Å². The highest BCUT2D eigenvalue weighted by Gasteiger charge is 2.11. The van der Waals surface area contributed by atoms with Gasteiger partial charge in [0.15, 0.2) is 12.0 Å². The SMILES string of the molecule is O=Cc1oc2ccc(Cl)cc2c1Cl. The monoisotopic (exact) mass is 214 g/mol. The number of furan rings is 1. The van der Waals surface area contributed by atoms with E-state index in [2.05, 4.69) is 0 Å². The van der Waals surface area contributed by atoms with Crippen molar-refractivity contribution in [3.8, 4) is 0 Å². The zero-order valence-corrected chi connectivity index (χ0v) is 7.89. The molecule has 2 nitrogen and oxygen atoms in total. The summed E-state index contributed by atoms with van der Waals surface area (Å²) in [6.45, 7) is 0. The Kier molecular flexibility index (Phi) is 2.02. The summed E-state index contributed by atoms with van der Waals surface area (Å²) < 4.78 is 5.14.